The van der Waals surface area contributed by atoms with Crippen LogP contribution in [0.1, 0.15) is 16.2 Å². The highest BCUT2D eigenvalue weighted by Crippen LogP contribution is 2.31. The Morgan fingerprint density at radius 1 is 1.19 bits per heavy atom. The molecule has 0 amide bonds. The van der Waals surface area contributed by atoms with Crippen LogP contribution in [0, 0.1) is 5.82 Å². The van der Waals surface area contributed by atoms with Gasteiger partial charge < -0.3 is 18.7 Å². The molecular weight excluding hydrogens is 423 g/mol. The Bertz CT molecular complexity index is 976. The Morgan fingerprint density at radius 3 is 2.70 bits per heavy atom. The Hall–Kier alpha value is -2.94. The van der Waals surface area contributed by atoms with E-state index in [1.165, 1.54) is 25.3 Å². The minimum Gasteiger partial charge on any atom is -0.497 e. The molecule has 140 valence electrons. The molecule has 0 unspecified atom stereocenters. The van der Waals surface area contributed by atoms with Crippen molar-refractivity contribution in [3.05, 3.63) is 58.1 Å². The molecule has 0 aliphatic rings. The van der Waals surface area contributed by atoms with Crippen LogP contribution in [0.3, 0.4) is 0 Å². The van der Waals surface area contributed by atoms with E-state index in [0.29, 0.717) is 21.5 Å². The molecule has 0 N–H and O–H groups in total. The Balaban J connectivity index is 1.72. The largest absolute Gasteiger partial charge is 0.497 e. The van der Waals surface area contributed by atoms with Gasteiger partial charge >= 0.3 is 5.97 Å². The summed E-state index contributed by atoms with van der Waals surface area (Å²) in [5, 5.41) is 3.87. The Kier molecular flexibility index (Phi) is 5.70. The van der Waals surface area contributed by atoms with E-state index in [2.05, 4.69) is 26.1 Å². The normalized spacial score (nSPS) is 10.5. The summed E-state index contributed by atoms with van der Waals surface area (Å²) in [5.41, 5.74) is 0.786. The Morgan fingerprint density at radius 2 is 2.00 bits per heavy atom. The van der Waals surface area contributed by atoms with E-state index < -0.39 is 11.8 Å². The van der Waals surface area contributed by atoms with Crippen molar-refractivity contribution >= 4 is 21.9 Å². The first-order chi connectivity index (χ1) is 13.0. The number of rotatable bonds is 6. The molecule has 3 aromatic rings. The maximum atomic E-state index is 13.1. The van der Waals surface area contributed by atoms with Gasteiger partial charge in [-0.15, -0.1) is 0 Å². The number of carbonyl (C=O) groups is 1. The lowest BCUT2D eigenvalue weighted by Gasteiger charge is -2.07. The summed E-state index contributed by atoms with van der Waals surface area (Å²) in [5.74, 6) is 0.405. The van der Waals surface area contributed by atoms with Gasteiger partial charge in [-0.05, 0) is 46.3 Å². The molecule has 0 bridgehead atoms. The third kappa shape index (κ3) is 4.25. The van der Waals surface area contributed by atoms with Crippen LogP contribution in [-0.2, 0) is 11.3 Å². The number of esters is 1. The van der Waals surface area contributed by atoms with Crippen LogP contribution in [-0.4, -0.2) is 30.3 Å². The first kappa shape index (κ1) is 18.8. The molecule has 9 heteroatoms. The fourth-order valence-corrected chi connectivity index (χ4v) is 2.78. The van der Waals surface area contributed by atoms with Crippen LogP contribution in [0.25, 0.3) is 11.4 Å². The van der Waals surface area contributed by atoms with Crippen LogP contribution >= 0.6 is 15.9 Å². The average molecular weight is 437 g/mol. The zero-order chi connectivity index (χ0) is 19.4. The molecule has 2 aromatic carbocycles. The minimum absolute atomic E-state index is 0.106. The molecular formula is C18H14BrFN2O5. The predicted octanol–water partition coefficient (Wildman–Crippen LogP) is 4.01. The third-order valence-corrected chi connectivity index (χ3v) is 4.25. The highest BCUT2D eigenvalue weighted by Gasteiger charge is 2.17. The van der Waals surface area contributed by atoms with Gasteiger partial charge in [0.2, 0.25) is 5.82 Å². The van der Waals surface area contributed by atoms with Crippen molar-refractivity contribution in [1.82, 2.24) is 10.1 Å². The summed E-state index contributed by atoms with van der Waals surface area (Å²) < 4.78 is 34.1. The fraction of sp³-hybridized carbons (Fsp3) is 0.167. The van der Waals surface area contributed by atoms with Gasteiger partial charge in [-0.25, -0.2) is 9.18 Å². The number of hydrogen-bond donors (Lipinski definition) is 0. The van der Waals surface area contributed by atoms with Crippen LogP contribution in [0.15, 0.2) is 45.4 Å². The molecule has 0 aliphatic carbocycles. The number of benzene rings is 2. The van der Waals surface area contributed by atoms with E-state index in [1.54, 1.807) is 25.3 Å². The summed E-state index contributed by atoms with van der Waals surface area (Å²) in [6.45, 7) is -0.228. The third-order valence-electron chi connectivity index (χ3n) is 3.60. The maximum Gasteiger partial charge on any atom is 0.339 e. The molecule has 0 aliphatic heterocycles. The van der Waals surface area contributed by atoms with Crippen molar-refractivity contribution in [3.63, 3.8) is 0 Å². The molecule has 1 aromatic heterocycles. The summed E-state index contributed by atoms with van der Waals surface area (Å²) in [7, 11) is 3.07. The lowest BCUT2D eigenvalue weighted by molar-refractivity contribution is 0.0428. The Labute approximate surface area is 162 Å². The van der Waals surface area contributed by atoms with E-state index in [1.807, 2.05) is 0 Å². The van der Waals surface area contributed by atoms with Crippen LogP contribution in [0.5, 0.6) is 11.5 Å². The second-order valence-corrected chi connectivity index (χ2v) is 6.13. The molecule has 0 saturated heterocycles. The summed E-state index contributed by atoms with van der Waals surface area (Å²) in [6, 6.07) is 8.83. The average Bonchev–Trinajstić information content (AvgIpc) is 3.14. The fourth-order valence-electron chi connectivity index (χ4n) is 2.27. The zero-order valence-electron chi connectivity index (χ0n) is 14.4. The lowest BCUT2D eigenvalue weighted by atomic mass is 10.2. The number of halogens is 2. The minimum atomic E-state index is -0.649. The number of aromatic nitrogens is 2. The number of methoxy groups -OCH3 is 2. The summed E-state index contributed by atoms with van der Waals surface area (Å²) >= 11 is 3.12. The quantitative estimate of drug-likeness (QED) is 0.539. The first-order valence-electron chi connectivity index (χ1n) is 7.69. The molecule has 3 rings (SSSR count). The second-order valence-electron chi connectivity index (χ2n) is 5.28. The van der Waals surface area contributed by atoms with E-state index >= 15 is 0 Å². The van der Waals surface area contributed by atoms with E-state index in [4.69, 9.17) is 18.7 Å². The van der Waals surface area contributed by atoms with Crippen LogP contribution in [0.2, 0.25) is 0 Å². The smallest absolute Gasteiger partial charge is 0.339 e. The lowest BCUT2D eigenvalue weighted by Crippen LogP contribution is -2.06. The van der Waals surface area contributed by atoms with Crippen molar-refractivity contribution in [2.24, 2.45) is 0 Å². The number of carbonyl (C=O) groups excluding carboxylic acids is 1. The van der Waals surface area contributed by atoms with Crippen molar-refractivity contribution in [1.29, 1.82) is 0 Å². The molecule has 0 fully saturated rings. The van der Waals surface area contributed by atoms with Gasteiger partial charge in [-0.1, -0.05) is 5.16 Å². The molecule has 0 saturated carbocycles. The molecule has 0 radical (unpaired) electrons. The molecule has 7 nitrogen and oxygen atoms in total. The van der Waals surface area contributed by atoms with E-state index in [-0.39, 0.29) is 23.9 Å². The first-order valence-corrected chi connectivity index (χ1v) is 8.48. The number of nitrogens with zero attached hydrogens (tertiary/aromatic N) is 2. The van der Waals surface area contributed by atoms with Crippen LogP contribution in [0.4, 0.5) is 4.39 Å². The number of hydrogen-bond acceptors (Lipinski definition) is 7. The molecule has 0 spiro atoms. The van der Waals surface area contributed by atoms with Crippen molar-refractivity contribution in [3.8, 4) is 22.9 Å². The van der Waals surface area contributed by atoms with Gasteiger partial charge in [0, 0.05) is 10.5 Å². The zero-order valence-corrected chi connectivity index (χ0v) is 15.9. The second kappa shape index (κ2) is 8.17. The van der Waals surface area contributed by atoms with Gasteiger partial charge in [0.15, 0.2) is 6.61 Å². The van der Waals surface area contributed by atoms with E-state index in [0.717, 1.165) is 0 Å². The van der Waals surface area contributed by atoms with Crippen molar-refractivity contribution in [2.45, 2.75) is 6.61 Å². The van der Waals surface area contributed by atoms with Gasteiger partial charge in [-0.2, -0.15) is 4.98 Å². The predicted molar refractivity (Wildman–Crippen MR) is 96.1 cm³/mol. The van der Waals surface area contributed by atoms with Gasteiger partial charge in [0.05, 0.1) is 25.3 Å². The number of ether oxygens (including phenoxy) is 3. The van der Waals surface area contributed by atoms with Gasteiger partial charge in [0.1, 0.15) is 17.3 Å². The van der Waals surface area contributed by atoms with Crippen molar-refractivity contribution < 1.29 is 27.9 Å². The highest BCUT2D eigenvalue weighted by atomic mass is 79.9. The summed E-state index contributed by atoms with van der Waals surface area (Å²) in [4.78, 5) is 16.3. The summed E-state index contributed by atoms with van der Waals surface area (Å²) in [6.07, 6.45) is 0. The topological polar surface area (TPSA) is 83.7 Å². The van der Waals surface area contributed by atoms with Crippen molar-refractivity contribution in [2.75, 3.05) is 14.2 Å². The standard InChI is InChI=1S/C18H14BrFN2O5/c1-24-11-4-6-13(15(8-11)25-2)17-21-16(27-22-17)9-26-18(23)12-5-3-10(20)7-14(12)19/h3-8H,9H2,1-2H3. The SMILES string of the molecule is COc1ccc(-c2noc(COC(=O)c3ccc(F)cc3Br)n2)c(OC)c1. The molecule has 1 heterocycles. The van der Waals surface area contributed by atoms with E-state index in [9.17, 15) is 9.18 Å². The van der Waals surface area contributed by atoms with Gasteiger partial charge in [0.25, 0.3) is 5.89 Å². The molecule has 27 heavy (non-hydrogen) atoms. The highest BCUT2D eigenvalue weighted by molar-refractivity contribution is 9.10. The van der Waals surface area contributed by atoms with Crippen LogP contribution < -0.4 is 9.47 Å². The monoisotopic (exact) mass is 436 g/mol. The van der Waals surface area contributed by atoms with Gasteiger partial charge in [-0.3, -0.25) is 0 Å². The molecule has 0 atom stereocenters. The maximum absolute atomic E-state index is 13.1.